The van der Waals surface area contributed by atoms with Crippen LogP contribution in [0.25, 0.3) is 0 Å². The van der Waals surface area contributed by atoms with Gasteiger partial charge in [0.1, 0.15) is 0 Å². The van der Waals surface area contributed by atoms with Gasteiger partial charge in [0.15, 0.2) is 13.4 Å². The minimum absolute atomic E-state index is 0.374. The van der Waals surface area contributed by atoms with Gasteiger partial charge in [0.05, 0.1) is 12.2 Å². The standard InChI is InChI=1S/C84H140B2N4O/c1-83(2,3)59-44-56-38-36-54-42-58(43-55-37-39-57(45-59)80(56)79(54)55)53-40-41-68-72(46-53)89(64-30-18-10-19-31-64)76-49-66(87(61-24-12-7-13-25-61)62-26-14-8-15-27-62)50-78-82(76)86(68)70-51-69-73(52-77(70)91-78)90(65-32-20-11-21-33-65)75-48-60(84(4,5)6)47-74-81(75)85(69)67-34-22-23-35-71(67)88(74)63-28-16-9-17-29-63/h53-82H,7-52H2,1-6H3/t53?,54-,55+,56?,57?,58?,59?,60-,66?,67?,68?,69?,70+,71-,72?,73?,74+,75?,76?,77?,78?,79?,80?,81?,82?/m1/s1. The van der Waals surface area contributed by atoms with Crippen molar-refractivity contribution in [1.29, 1.82) is 0 Å². The molecule has 19 unspecified atom stereocenters. The van der Waals surface area contributed by atoms with Gasteiger partial charge in [-0.05, 0) is 265 Å². The third-order valence-electron chi connectivity index (χ3n) is 35.4. The third kappa shape index (κ3) is 11.1. The third-order valence-corrected chi connectivity index (χ3v) is 35.4. The van der Waals surface area contributed by atoms with Gasteiger partial charge in [-0.3, -0.25) is 19.6 Å². The van der Waals surface area contributed by atoms with Crippen LogP contribution in [0.2, 0.25) is 34.9 Å². The van der Waals surface area contributed by atoms with Gasteiger partial charge in [0.25, 0.3) is 0 Å². The molecule has 91 heavy (non-hydrogen) atoms. The number of rotatable bonds is 7. The van der Waals surface area contributed by atoms with E-state index in [2.05, 4.69) is 61.1 Å². The van der Waals surface area contributed by atoms with Crippen LogP contribution in [0.3, 0.4) is 0 Å². The van der Waals surface area contributed by atoms with Crippen LogP contribution in [-0.2, 0) is 4.74 Å². The van der Waals surface area contributed by atoms with E-state index in [9.17, 15) is 0 Å². The lowest BCUT2D eigenvalue weighted by atomic mass is 9.14. The summed E-state index contributed by atoms with van der Waals surface area (Å²) >= 11 is 0. The van der Waals surface area contributed by atoms with E-state index < -0.39 is 0 Å². The van der Waals surface area contributed by atoms with E-state index >= 15 is 0 Å². The average Bonchev–Trinajstić information content (AvgIpc) is 0.697. The molecule has 7 heteroatoms. The second-order valence-electron chi connectivity index (χ2n) is 40.9. The molecular formula is C84H140B2N4O. The summed E-state index contributed by atoms with van der Waals surface area (Å²) in [7, 11) is 0. The highest BCUT2D eigenvalue weighted by Gasteiger charge is 2.71. The van der Waals surface area contributed by atoms with Crippen LogP contribution in [0.1, 0.15) is 337 Å². The van der Waals surface area contributed by atoms with E-state index in [0.717, 1.165) is 180 Å². The van der Waals surface area contributed by atoms with Crippen LogP contribution in [0.4, 0.5) is 0 Å². The molecule has 18 aliphatic rings. The SMILES string of the molecule is CC(C)(C)C1CC2CC[C@@H]3CC(C4CCC5B6C7C(CC(N(C8CCCCC8)C8CCCCC8)CC7N(C7CCCCC7)C5C4)OC4CC5C(C[C@H]64)B4C6CCCC[C@H]6N(C6CCCCC6)[C@H]6C[C@@H](C(C)(C)C)CC(C46)N5C4CCCCC4)C[C@@H]4CCC(C1)C2C34. The van der Waals surface area contributed by atoms with E-state index in [-0.39, 0.29) is 0 Å². The van der Waals surface area contributed by atoms with E-state index in [1.807, 2.05) is 0 Å². The largest absolute Gasteiger partial charge is 0.376 e. The second-order valence-corrected chi connectivity index (χ2v) is 40.9. The Morgan fingerprint density at radius 3 is 1.25 bits per heavy atom. The Hall–Kier alpha value is -0.0701. The van der Waals surface area contributed by atoms with Crippen LogP contribution < -0.4 is 0 Å². The van der Waals surface area contributed by atoms with E-state index in [0.29, 0.717) is 23.0 Å². The van der Waals surface area contributed by atoms with E-state index in [4.69, 9.17) is 4.74 Å². The fourth-order valence-electron chi connectivity index (χ4n) is 32.1. The number of hydrogen-bond acceptors (Lipinski definition) is 5. The van der Waals surface area contributed by atoms with Crippen LogP contribution in [0.15, 0.2) is 0 Å². The van der Waals surface area contributed by atoms with Crippen LogP contribution in [-0.4, -0.2) is 118 Å². The Bertz CT molecular complexity index is 2420. The Balaban J connectivity index is 0.725. The highest BCUT2D eigenvalue weighted by Crippen LogP contribution is 2.71. The van der Waals surface area contributed by atoms with Crippen LogP contribution >= 0.6 is 0 Å². The first-order chi connectivity index (χ1) is 44.4. The summed E-state index contributed by atoms with van der Waals surface area (Å²) in [4.78, 5) is 14.1. The molecule has 0 N–H and O–H groups in total. The summed E-state index contributed by atoms with van der Waals surface area (Å²) in [6.45, 7) is 17.8. The van der Waals surface area contributed by atoms with Gasteiger partial charge in [0, 0.05) is 72.5 Å². The van der Waals surface area contributed by atoms with Crippen molar-refractivity contribution in [1.82, 2.24) is 19.6 Å². The fraction of sp³-hybridized carbons (Fsp3) is 1.00. The van der Waals surface area contributed by atoms with Crippen molar-refractivity contribution in [3.05, 3.63) is 0 Å². The van der Waals surface area contributed by atoms with Crippen molar-refractivity contribution in [2.45, 2.75) is 457 Å². The Labute approximate surface area is 561 Å². The maximum Gasteiger partial charge on any atom is 0.159 e. The van der Waals surface area contributed by atoms with Crippen LogP contribution in [0, 0.1) is 70.0 Å². The molecule has 0 bridgehead atoms. The van der Waals surface area contributed by atoms with Crippen LogP contribution in [0.5, 0.6) is 0 Å². The maximum atomic E-state index is 8.67. The maximum absolute atomic E-state index is 8.67. The fourth-order valence-corrected chi connectivity index (χ4v) is 32.1. The first kappa shape index (κ1) is 63.1. The Morgan fingerprint density at radius 2 is 0.714 bits per heavy atom. The molecule has 5 nitrogen and oxygen atoms in total. The molecule has 0 radical (unpaired) electrons. The summed E-state index contributed by atoms with van der Waals surface area (Å²) < 4.78 is 8.67. The summed E-state index contributed by atoms with van der Waals surface area (Å²) in [5.74, 6) is 15.5. The molecule has 14 aliphatic carbocycles. The van der Waals surface area contributed by atoms with E-state index in [1.165, 1.54) is 212 Å². The van der Waals surface area contributed by atoms with Crippen molar-refractivity contribution in [2.24, 2.45) is 70.0 Å². The quantitative estimate of drug-likeness (QED) is 0.236. The summed E-state index contributed by atoms with van der Waals surface area (Å²) in [6, 6.07) is 9.74. The average molecular weight is 1240 g/mol. The predicted molar refractivity (Wildman–Crippen MR) is 382 cm³/mol. The number of fused-ring (bicyclic) bond motifs is 8. The lowest BCUT2D eigenvalue weighted by molar-refractivity contribution is -0.142. The highest BCUT2D eigenvalue weighted by molar-refractivity contribution is 6.67. The Kier molecular flexibility index (Phi) is 17.7. The molecule has 4 heterocycles. The first-order valence-electron chi connectivity index (χ1n) is 43.1. The van der Waals surface area contributed by atoms with Crippen molar-refractivity contribution in [3.8, 4) is 0 Å². The Morgan fingerprint density at radius 1 is 0.286 bits per heavy atom. The number of hydrogen-bond donors (Lipinski definition) is 0. The van der Waals surface area contributed by atoms with Gasteiger partial charge in [-0.2, -0.15) is 0 Å². The molecule has 14 saturated carbocycles. The predicted octanol–water partition coefficient (Wildman–Crippen LogP) is 21.0. The van der Waals surface area contributed by atoms with Gasteiger partial charge in [0.2, 0.25) is 0 Å². The first-order valence-corrected chi connectivity index (χ1v) is 43.1. The zero-order chi connectivity index (χ0) is 61.0. The zero-order valence-corrected chi connectivity index (χ0v) is 60.2. The van der Waals surface area contributed by atoms with Gasteiger partial charge in [-0.1, -0.05) is 176 Å². The van der Waals surface area contributed by atoms with E-state index in [1.54, 1.807) is 83.5 Å². The molecule has 0 aromatic carbocycles. The highest BCUT2D eigenvalue weighted by atomic mass is 16.5. The van der Waals surface area contributed by atoms with Crippen molar-refractivity contribution in [2.75, 3.05) is 0 Å². The van der Waals surface area contributed by atoms with Gasteiger partial charge < -0.3 is 4.74 Å². The van der Waals surface area contributed by atoms with Crippen molar-refractivity contribution >= 4 is 13.4 Å². The van der Waals surface area contributed by atoms with Gasteiger partial charge >= 0.3 is 0 Å². The molecule has 0 spiro atoms. The molecule has 25 atom stereocenters. The number of nitrogens with zero attached hydrogens (tertiary/aromatic N) is 4. The summed E-state index contributed by atoms with van der Waals surface area (Å²) in [5.41, 5.74) is 0.864. The molecule has 0 aromatic heterocycles. The summed E-state index contributed by atoms with van der Waals surface area (Å²) in [6.07, 6.45) is 71.0. The zero-order valence-electron chi connectivity index (χ0n) is 60.2. The molecule has 18 rings (SSSR count). The number of ether oxygens (including phenoxy) is 1. The minimum atomic E-state index is 0.374. The molecule has 0 amide bonds. The normalized spacial score (nSPS) is 49.2. The lowest BCUT2D eigenvalue weighted by Crippen LogP contribution is -2.76. The van der Waals surface area contributed by atoms with Gasteiger partial charge in [-0.15, -0.1) is 0 Å². The second kappa shape index (κ2) is 25.5. The minimum Gasteiger partial charge on any atom is -0.376 e. The summed E-state index contributed by atoms with van der Waals surface area (Å²) in [5, 5.41) is 0. The molecule has 508 valence electrons. The lowest BCUT2D eigenvalue weighted by Gasteiger charge is -2.72. The molecule has 0 aromatic rings. The molecule has 4 saturated heterocycles. The molecular weight excluding hydrogens is 1100 g/mol. The van der Waals surface area contributed by atoms with Crippen molar-refractivity contribution in [3.63, 3.8) is 0 Å². The monoisotopic (exact) mass is 1240 g/mol. The smallest absolute Gasteiger partial charge is 0.159 e. The van der Waals surface area contributed by atoms with Gasteiger partial charge in [-0.25, -0.2) is 0 Å². The molecule has 4 aliphatic heterocycles. The topological polar surface area (TPSA) is 22.2 Å². The van der Waals surface area contributed by atoms with Crippen molar-refractivity contribution < 1.29 is 4.74 Å². The molecule has 18 fully saturated rings.